The van der Waals surface area contributed by atoms with Gasteiger partial charge in [0, 0.05) is 25.7 Å². The van der Waals surface area contributed by atoms with Crippen molar-refractivity contribution in [2.75, 3.05) is 6.54 Å². The number of carbonyl (C=O) groups excluding carboxylic acids is 1. The van der Waals surface area contributed by atoms with E-state index >= 15 is 0 Å². The summed E-state index contributed by atoms with van der Waals surface area (Å²) in [5.41, 5.74) is 2.34. The molecule has 1 heterocycles. The van der Waals surface area contributed by atoms with Crippen LogP contribution in [0.2, 0.25) is 0 Å². The van der Waals surface area contributed by atoms with Crippen LogP contribution in [-0.4, -0.2) is 39.5 Å². The molecule has 5 heteroatoms. The second-order valence-corrected chi connectivity index (χ2v) is 5.14. The van der Waals surface area contributed by atoms with Crippen LogP contribution in [0.25, 0.3) is 0 Å². The molecule has 0 aliphatic carbocycles. The van der Waals surface area contributed by atoms with Gasteiger partial charge in [-0.2, -0.15) is 0 Å². The van der Waals surface area contributed by atoms with Crippen molar-refractivity contribution in [3.05, 3.63) is 35.4 Å². The van der Waals surface area contributed by atoms with Crippen LogP contribution in [0.4, 0.5) is 4.79 Å². The number of amides is 2. The highest BCUT2D eigenvalue weighted by molar-refractivity contribution is 5.76. The Kier molecular flexibility index (Phi) is 4.27. The first-order valence-corrected chi connectivity index (χ1v) is 6.87. The van der Waals surface area contributed by atoms with E-state index in [2.05, 4.69) is 0 Å². The first kappa shape index (κ1) is 14.4. The van der Waals surface area contributed by atoms with Crippen molar-refractivity contribution in [2.24, 2.45) is 0 Å². The van der Waals surface area contributed by atoms with E-state index in [0.717, 1.165) is 0 Å². The van der Waals surface area contributed by atoms with Gasteiger partial charge in [-0.1, -0.05) is 24.3 Å². The third kappa shape index (κ3) is 2.92. The fraction of sp³-hybridized carbons (Fsp3) is 0.467. The normalized spacial score (nSPS) is 14.8. The Hall–Kier alpha value is -2.04. The molecule has 0 aromatic heterocycles. The summed E-state index contributed by atoms with van der Waals surface area (Å²) in [5, 5.41) is 8.87. The zero-order valence-corrected chi connectivity index (χ0v) is 11.9. The molecule has 0 spiro atoms. The SMILES string of the molecule is CCN(C(=O)N1Cc2ccccc2C1)C(C)CC(=O)O. The fourth-order valence-corrected chi connectivity index (χ4v) is 2.65. The van der Waals surface area contributed by atoms with Crippen molar-refractivity contribution in [3.8, 4) is 0 Å². The van der Waals surface area contributed by atoms with E-state index in [1.54, 1.807) is 16.7 Å². The maximum atomic E-state index is 12.5. The summed E-state index contributed by atoms with van der Waals surface area (Å²) in [4.78, 5) is 26.7. The Morgan fingerprint density at radius 2 is 1.85 bits per heavy atom. The molecule has 0 saturated heterocycles. The number of nitrogens with zero attached hydrogens (tertiary/aromatic N) is 2. The van der Waals surface area contributed by atoms with Gasteiger partial charge >= 0.3 is 12.0 Å². The predicted molar refractivity (Wildman–Crippen MR) is 75.2 cm³/mol. The van der Waals surface area contributed by atoms with E-state index in [0.29, 0.717) is 19.6 Å². The van der Waals surface area contributed by atoms with Crippen LogP contribution in [0.5, 0.6) is 0 Å². The molecule has 1 unspecified atom stereocenters. The maximum absolute atomic E-state index is 12.5. The summed E-state index contributed by atoms with van der Waals surface area (Å²) in [7, 11) is 0. The second-order valence-electron chi connectivity index (χ2n) is 5.14. The van der Waals surface area contributed by atoms with Crippen molar-refractivity contribution in [2.45, 2.75) is 39.4 Å². The van der Waals surface area contributed by atoms with Crippen LogP contribution in [-0.2, 0) is 17.9 Å². The molecule has 20 heavy (non-hydrogen) atoms. The predicted octanol–water partition coefficient (Wildman–Crippen LogP) is 2.31. The van der Waals surface area contributed by atoms with Gasteiger partial charge in [-0.25, -0.2) is 4.79 Å². The average molecular weight is 276 g/mol. The Morgan fingerprint density at radius 3 is 2.30 bits per heavy atom. The summed E-state index contributed by atoms with van der Waals surface area (Å²) in [6.45, 7) is 5.37. The fourth-order valence-electron chi connectivity index (χ4n) is 2.65. The van der Waals surface area contributed by atoms with E-state index in [1.165, 1.54) is 11.1 Å². The highest BCUT2D eigenvalue weighted by Gasteiger charge is 2.29. The highest BCUT2D eigenvalue weighted by Crippen LogP contribution is 2.24. The standard InChI is InChI=1S/C15H20N2O3/c1-3-17(11(2)8-14(18)19)15(20)16-9-12-6-4-5-7-13(12)10-16/h4-7,11H,3,8-10H2,1-2H3,(H,18,19). The third-order valence-electron chi connectivity index (χ3n) is 3.70. The lowest BCUT2D eigenvalue weighted by molar-refractivity contribution is -0.138. The van der Waals surface area contributed by atoms with Gasteiger partial charge in [0.05, 0.1) is 6.42 Å². The average Bonchev–Trinajstić information content (AvgIpc) is 2.82. The molecule has 2 rings (SSSR count). The molecule has 1 aliphatic rings. The van der Waals surface area contributed by atoms with Gasteiger partial charge in [-0.3, -0.25) is 4.79 Å². The molecule has 1 atom stereocenters. The van der Waals surface area contributed by atoms with Gasteiger partial charge in [0.15, 0.2) is 0 Å². The Balaban J connectivity index is 2.06. The summed E-state index contributed by atoms with van der Waals surface area (Å²) >= 11 is 0. The lowest BCUT2D eigenvalue weighted by Gasteiger charge is -2.31. The zero-order valence-electron chi connectivity index (χ0n) is 11.9. The molecule has 0 bridgehead atoms. The Bertz CT molecular complexity index is 491. The van der Waals surface area contributed by atoms with Crippen LogP contribution in [0.3, 0.4) is 0 Å². The molecule has 2 amide bonds. The molecule has 0 fully saturated rings. The van der Waals surface area contributed by atoms with E-state index in [1.807, 2.05) is 31.2 Å². The first-order chi connectivity index (χ1) is 9.52. The number of carboxylic acid groups (broad SMARTS) is 1. The number of rotatable bonds is 4. The van der Waals surface area contributed by atoms with E-state index in [-0.39, 0.29) is 18.5 Å². The molecule has 108 valence electrons. The molecule has 1 aromatic carbocycles. The first-order valence-electron chi connectivity index (χ1n) is 6.87. The number of benzene rings is 1. The van der Waals surface area contributed by atoms with Gasteiger partial charge in [0.25, 0.3) is 0 Å². The molecule has 1 aliphatic heterocycles. The molecule has 5 nitrogen and oxygen atoms in total. The van der Waals surface area contributed by atoms with Crippen molar-refractivity contribution >= 4 is 12.0 Å². The zero-order chi connectivity index (χ0) is 14.7. The second kappa shape index (κ2) is 5.94. The van der Waals surface area contributed by atoms with Crippen molar-refractivity contribution in [1.29, 1.82) is 0 Å². The van der Waals surface area contributed by atoms with Crippen molar-refractivity contribution in [1.82, 2.24) is 9.80 Å². The monoisotopic (exact) mass is 276 g/mol. The molecule has 0 saturated carbocycles. The summed E-state index contributed by atoms with van der Waals surface area (Å²) in [6.07, 6.45) is -0.0274. The van der Waals surface area contributed by atoms with Crippen molar-refractivity contribution in [3.63, 3.8) is 0 Å². The van der Waals surface area contributed by atoms with Crippen LogP contribution in [0, 0.1) is 0 Å². The quantitative estimate of drug-likeness (QED) is 0.918. The molecular formula is C15H20N2O3. The summed E-state index contributed by atoms with van der Waals surface area (Å²) in [5.74, 6) is -0.881. The van der Waals surface area contributed by atoms with Gasteiger partial charge < -0.3 is 14.9 Å². The van der Waals surface area contributed by atoms with Gasteiger partial charge in [-0.05, 0) is 25.0 Å². The van der Waals surface area contributed by atoms with Gasteiger partial charge in [0.2, 0.25) is 0 Å². The Morgan fingerprint density at radius 1 is 1.30 bits per heavy atom. The van der Waals surface area contributed by atoms with E-state index < -0.39 is 5.97 Å². The number of carbonyl (C=O) groups is 2. The largest absolute Gasteiger partial charge is 0.481 e. The minimum atomic E-state index is -0.881. The number of fused-ring (bicyclic) bond motifs is 1. The van der Waals surface area contributed by atoms with Gasteiger partial charge in [-0.15, -0.1) is 0 Å². The van der Waals surface area contributed by atoms with Crippen LogP contribution in [0.15, 0.2) is 24.3 Å². The molecular weight excluding hydrogens is 256 g/mol. The molecule has 0 radical (unpaired) electrons. The number of hydrogen-bond acceptors (Lipinski definition) is 2. The highest BCUT2D eigenvalue weighted by atomic mass is 16.4. The van der Waals surface area contributed by atoms with Gasteiger partial charge in [0.1, 0.15) is 0 Å². The Labute approximate surface area is 118 Å². The van der Waals surface area contributed by atoms with E-state index in [4.69, 9.17) is 5.11 Å². The summed E-state index contributed by atoms with van der Waals surface area (Å²) in [6, 6.07) is 7.61. The van der Waals surface area contributed by atoms with Crippen molar-refractivity contribution < 1.29 is 14.7 Å². The van der Waals surface area contributed by atoms with Crippen LogP contribution in [0.1, 0.15) is 31.4 Å². The number of urea groups is 1. The maximum Gasteiger partial charge on any atom is 0.320 e. The topological polar surface area (TPSA) is 60.9 Å². The lowest BCUT2D eigenvalue weighted by Crippen LogP contribution is -2.46. The van der Waals surface area contributed by atoms with Crippen LogP contribution >= 0.6 is 0 Å². The van der Waals surface area contributed by atoms with E-state index in [9.17, 15) is 9.59 Å². The number of hydrogen-bond donors (Lipinski definition) is 1. The minimum Gasteiger partial charge on any atom is -0.481 e. The van der Waals surface area contributed by atoms with Crippen LogP contribution < -0.4 is 0 Å². The molecule has 1 aromatic rings. The smallest absolute Gasteiger partial charge is 0.320 e. The molecule has 1 N–H and O–H groups in total. The third-order valence-corrected chi connectivity index (χ3v) is 3.70. The number of carboxylic acids is 1. The lowest BCUT2D eigenvalue weighted by atomic mass is 10.1. The summed E-state index contributed by atoms with van der Waals surface area (Å²) < 4.78 is 0. The minimum absolute atomic E-state index is 0.0274. The number of aliphatic carboxylic acids is 1.